The molecule has 0 bridgehead atoms. The van der Waals surface area contributed by atoms with Crippen LogP contribution in [0.5, 0.6) is 0 Å². The van der Waals surface area contributed by atoms with Crippen LogP contribution in [0.15, 0.2) is 24.5 Å². The second kappa shape index (κ2) is 4.99. The summed E-state index contributed by atoms with van der Waals surface area (Å²) < 4.78 is 6.63. The minimum atomic E-state index is -1.23. The maximum absolute atomic E-state index is 10.8. The van der Waals surface area contributed by atoms with E-state index in [4.69, 9.17) is 14.9 Å². The second-order valence-corrected chi connectivity index (χ2v) is 4.07. The lowest BCUT2D eigenvalue weighted by molar-refractivity contribution is -0.765. The third kappa shape index (κ3) is 2.21. The molecule has 1 fully saturated rings. The van der Waals surface area contributed by atoms with Gasteiger partial charge in [0.15, 0.2) is 18.5 Å². The molecule has 1 saturated heterocycles. The Labute approximate surface area is 102 Å². The zero-order valence-electron chi connectivity index (χ0n) is 9.38. The average molecular weight is 256 g/mol. The molecule has 0 saturated carbocycles. The highest BCUT2D eigenvalue weighted by Crippen LogP contribution is 2.24. The highest BCUT2D eigenvalue weighted by Gasteiger charge is 2.47. The summed E-state index contributed by atoms with van der Waals surface area (Å²) in [6.07, 6.45) is -1.42. The molecule has 4 N–H and O–H groups in total. The van der Waals surface area contributed by atoms with Gasteiger partial charge in [-0.1, -0.05) is 0 Å². The Morgan fingerprint density at radius 2 is 2.11 bits per heavy atom. The standard InChI is InChI=1S/C11H13NO6/c13-5-7-8(14)9(15)10(18-7)12-3-1-2-6(4-12)11(16)17/h1-4,7-10,13-15H,5H2/p+1/t7-,8?,9+,10-/m1/s1. The molecule has 0 aliphatic carbocycles. The van der Waals surface area contributed by atoms with Gasteiger partial charge in [0.1, 0.15) is 17.8 Å². The van der Waals surface area contributed by atoms with E-state index in [0.29, 0.717) is 0 Å². The number of nitrogens with zero attached hydrogens (tertiary/aromatic N) is 1. The summed E-state index contributed by atoms with van der Waals surface area (Å²) >= 11 is 0. The van der Waals surface area contributed by atoms with E-state index in [1.807, 2.05) is 0 Å². The first-order valence-electron chi connectivity index (χ1n) is 5.41. The summed E-state index contributed by atoms with van der Waals surface area (Å²) in [6, 6.07) is 2.90. The summed E-state index contributed by atoms with van der Waals surface area (Å²) in [5.74, 6) is -1.10. The quantitative estimate of drug-likeness (QED) is 0.479. The van der Waals surface area contributed by atoms with Crippen LogP contribution < -0.4 is 4.57 Å². The second-order valence-electron chi connectivity index (χ2n) is 4.07. The number of hydrogen-bond acceptors (Lipinski definition) is 5. The van der Waals surface area contributed by atoms with Gasteiger partial charge in [-0.15, -0.1) is 0 Å². The van der Waals surface area contributed by atoms with Crippen LogP contribution in [0.25, 0.3) is 0 Å². The van der Waals surface area contributed by atoms with Gasteiger partial charge in [0.05, 0.1) is 6.61 Å². The number of rotatable bonds is 3. The summed E-state index contributed by atoms with van der Waals surface area (Å²) in [7, 11) is 0. The van der Waals surface area contributed by atoms with E-state index in [-0.39, 0.29) is 5.56 Å². The van der Waals surface area contributed by atoms with Crippen LogP contribution in [0.2, 0.25) is 0 Å². The summed E-state index contributed by atoms with van der Waals surface area (Å²) in [4.78, 5) is 10.8. The largest absolute Gasteiger partial charge is 0.477 e. The molecule has 2 heterocycles. The molecule has 7 heteroatoms. The normalized spacial score (nSPS) is 31.5. The molecule has 0 radical (unpaired) electrons. The summed E-state index contributed by atoms with van der Waals surface area (Å²) in [5, 5.41) is 37.2. The van der Waals surface area contributed by atoms with Crippen molar-refractivity contribution in [1.29, 1.82) is 0 Å². The number of aromatic nitrogens is 1. The van der Waals surface area contributed by atoms with Crippen molar-refractivity contribution < 1.29 is 34.5 Å². The predicted octanol–water partition coefficient (Wildman–Crippen LogP) is -1.72. The molecule has 0 amide bonds. The molecule has 1 unspecified atom stereocenters. The molecular formula is C11H14NO6+. The monoisotopic (exact) mass is 256 g/mol. The fourth-order valence-corrected chi connectivity index (χ4v) is 1.90. The number of pyridine rings is 1. The zero-order valence-corrected chi connectivity index (χ0v) is 9.38. The molecule has 98 valence electrons. The van der Waals surface area contributed by atoms with Crippen LogP contribution in [-0.2, 0) is 4.74 Å². The third-order valence-electron chi connectivity index (χ3n) is 2.88. The Kier molecular flexibility index (Phi) is 3.58. The predicted molar refractivity (Wildman–Crippen MR) is 56.6 cm³/mol. The Hall–Kier alpha value is -1.54. The van der Waals surface area contributed by atoms with Crippen LogP contribution in [-0.4, -0.2) is 51.3 Å². The van der Waals surface area contributed by atoms with Gasteiger partial charge >= 0.3 is 5.97 Å². The molecule has 7 nitrogen and oxygen atoms in total. The van der Waals surface area contributed by atoms with E-state index in [1.54, 1.807) is 0 Å². The van der Waals surface area contributed by atoms with Crippen molar-refractivity contribution in [3.8, 4) is 0 Å². The topological polar surface area (TPSA) is 111 Å². The minimum Gasteiger partial charge on any atom is -0.477 e. The van der Waals surface area contributed by atoms with Crippen molar-refractivity contribution in [2.75, 3.05) is 6.61 Å². The lowest BCUT2D eigenvalue weighted by Crippen LogP contribution is -2.46. The SMILES string of the molecule is O=C(O)c1ccc[n+]([C@@H]2O[C@H](CO)C(O)[C@@H]2O)c1. The highest BCUT2D eigenvalue weighted by atomic mass is 16.6. The lowest BCUT2D eigenvalue weighted by atomic mass is 10.1. The van der Waals surface area contributed by atoms with E-state index in [0.717, 1.165) is 0 Å². The Morgan fingerprint density at radius 1 is 1.39 bits per heavy atom. The van der Waals surface area contributed by atoms with E-state index >= 15 is 0 Å². The highest BCUT2D eigenvalue weighted by molar-refractivity contribution is 5.86. The summed E-state index contributed by atoms with van der Waals surface area (Å²) in [5.41, 5.74) is 0.0373. The van der Waals surface area contributed by atoms with Crippen molar-refractivity contribution in [2.45, 2.75) is 24.5 Å². The first-order valence-corrected chi connectivity index (χ1v) is 5.41. The maximum atomic E-state index is 10.8. The van der Waals surface area contributed by atoms with Gasteiger partial charge in [-0.05, 0) is 6.07 Å². The number of aliphatic hydroxyl groups excluding tert-OH is 3. The first-order chi connectivity index (χ1) is 8.54. The summed E-state index contributed by atoms with van der Waals surface area (Å²) in [6.45, 7) is -0.423. The fourth-order valence-electron chi connectivity index (χ4n) is 1.90. The third-order valence-corrected chi connectivity index (χ3v) is 2.88. The van der Waals surface area contributed by atoms with Crippen LogP contribution in [0.3, 0.4) is 0 Å². The van der Waals surface area contributed by atoms with Crippen molar-refractivity contribution in [1.82, 2.24) is 0 Å². The number of carboxylic acid groups (broad SMARTS) is 1. The molecule has 1 aromatic heterocycles. The van der Waals surface area contributed by atoms with Crippen molar-refractivity contribution >= 4 is 5.97 Å². The molecule has 1 aliphatic rings. The van der Waals surface area contributed by atoms with E-state index in [2.05, 4.69) is 0 Å². The van der Waals surface area contributed by atoms with Gasteiger partial charge in [-0.3, -0.25) is 0 Å². The fraction of sp³-hybridized carbons (Fsp3) is 0.455. The smallest absolute Gasteiger partial charge is 0.341 e. The molecule has 0 aromatic carbocycles. The molecule has 0 spiro atoms. The van der Waals surface area contributed by atoms with Gasteiger partial charge < -0.3 is 25.2 Å². The van der Waals surface area contributed by atoms with Crippen LogP contribution in [0.4, 0.5) is 0 Å². The number of aromatic carboxylic acids is 1. The van der Waals surface area contributed by atoms with Crippen molar-refractivity contribution in [2.24, 2.45) is 0 Å². The lowest BCUT2D eigenvalue weighted by Gasteiger charge is -2.09. The molecule has 1 aromatic rings. The van der Waals surface area contributed by atoms with E-state index in [9.17, 15) is 15.0 Å². The van der Waals surface area contributed by atoms with E-state index in [1.165, 1.54) is 29.1 Å². The van der Waals surface area contributed by atoms with E-state index < -0.39 is 37.1 Å². The first kappa shape index (κ1) is 12.9. The number of hydrogen-bond donors (Lipinski definition) is 4. The van der Waals surface area contributed by atoms with Gasteiger partial charge in [-0.2, -0.15) is 4.57 Å². The number of aliphatic hydroxyl groups is 3. The molecule has 1 aliphatic heterocycles. The van der Waals surface area contributed by atoms with Gasteiger partial charge in [0, 0.05) is 6.07 Å². The zero-order chi connectivity index (χ0) is 13.3. The number of ether oxygens (including phenoxy) is 1. The van der Waals surface area contributed by atoms with Crippen molar-refractivity contribution in [3.05, 3.63) is 30.1 Å². The number of carboxylic acids is 1. The molecule has 4 atom stereocenters. The average Bonchev–Trinajstić information content (AvgIpc) is 2.66. The van der Waals surface area contributed by atoms with Crippen LogP contribution in [0, 0.1) is 0 Å². The Balaban J connectivity index is 2.27. The maximum Gasteiger partial charge on any atom is 0.341 e. The minimum absolute atomic E-state index is 0.0373. The van der Waals surface area contributed by atoms with Gasteiger partial charge in [0.25, 0.3) is 6.23 Å². The van der Waals surface area contributed by atoms with Crippen LogP contribution in [0.1, 0.15) is 16.6 Å². The molecule has 18 heavy (non-hydrogen) atoms. The van der Waals surface area contributed by atoms with Gasteiger partial charge in [-0.25, -0.2) is 4.79 Å². The van der Waals surface area contributed by atoms with Gasteiger partial charge in [0.2, 0.25) is 0 Å². The van der Waals surface area contributed by atoms with Crippen molar-refractivity contribution in [3.63, 3.8) is 0 Å². The molecular weight excluding hydrogens is 242 g/mol. The Bertz CT molecular complexity index is 451. The molecule has 2 rings (SSSR count). The van der Waals surface area contributed by atoms with Crippen LogP contribution >= 0.6 is 0 Å². The number of carbonyl (C=O) groups is 1. The Morgan fingerprint density at radius 3 is 2.67 bits per heavy atom.